The first-order chi connectivity index (χ1) is 16.7. The van der Waals surface area contributed by atoms with Crippen LogP contribution in [-0.2, 0) is 20.9 Å². The molecule has 3 heterocycles. The van der Waals surface area contributed by atoms with Crippen LogP contribution in [0.3, 0.4) is 0 Å². The minimum absolute atomic E-state index is 0.0258. The Balaban J connectivity index is 1.67. The molecule has 196 valence electrons. The minimum Gasteiger partial charge on any atom is -0.383 e. The molecule has 12 nitrogen and oxygen atoms in total. The molecule has 35 heavy (non-hydrogen) atoms. The van der Waals surface area contributed by atoms with Crippen LogP contribution in [0.4, 0.5) is 11.5 Å². The molecule has 12 heteroatoms. The fourth-order valence-electron chi connectivity index (χ4n) is 4.57. The van der Waals surface area contributed by atoms with Crippen LogP contribution < -0.4 is 21.9 Å². The molecule has 2 fully saturated rings. The molecule has 0 unspecified atom stereocenters. The molecular weight excluding hydrogens is 454 g/mol. The lowest BCUT2D eigenvalue weighted by Gasteiger charge is -2.35. The first-order valence-corrected chi connectivity index (χ1v) is 12.4. The van der Waals surface area contributed by atoms with Crippen molar-refractivity contribution in [2.24, 2.45) is 5.92 Å². The molecule has 3 N–H and O–H groups in total. The first-order valence-electron chi connectivity index (χ1n) is 12.4. The van der Waals surface area contributed by atoms with Crippen LogP contribution >= 0.6 is 0 Å². The van der Waals surface area contributed by atoms with Crippen molar-refractivity contribution < 1.29 is 14.3 Å². The van der Waals surface area contributed by atoms with Crippen LogP contribution in [0.15, 0.2) is 9.59 Å². The number of likely N-dealkylation sites (tertiary alicyclic amines) is 1. The molecule has 1 aromatic heterocycles. The number of nitrogen functional groups attached to an aromatic ring is 1. The van der Waals surface area contributed by atoms with Crippen LogP contribution in [0, 0.1) is 5.92 Å². The Morgan fingerprint density at radius 2 is 1.63 bits per heavy atom. The number of aromatic amines is 1. The number of H-pyrrole nitrogens is 1. The van der Waals surface area contributed by atoms with Gasteiger partial charge in [-0.1, -0.05) is 13.8 Å². The van der Waals surface area contributed by atoms with E-state index < -0.39 is 11.2 Å². The Morgan fingerprint density at radius 1 is 1.03 bits per heavy atom. The topological polar surface area (TPSA) is 137 Å². The van der Waals surface area contributed by atoms with Crippen LogP contribution in [0.2, 0.25) is 0 Å². The number of carbonyl (C=O) groups excluding carboxylic acids is 2. The summed E-state index contributed by atoms with van der Waals surface area (Å²) in [6.07, 6.45) is 2.15. The van der Waals surface area contributed by atoms with Gasteiger partial charge >= 0.3 is 5.69 Å². The number of carbonyl (C=O) groups is 2. The number of rotatable bonds is 10. The normalized spacial score (nSPS) is 17.3. The highest BCUT2D eigenvalue weighted by molar-refractivity contribution is 5.96. The van der Waals surface area contributed by atoms with Gasteiger partial charge in [0.2, 0.25) is 11.8 Å². The molecule has 0 saturated carbocycles. The maximum atomic E-state index is 13.3. The van der Waals surface area contributed by atoms with Crippen LogP contribution in [0.25, 0.3) is 0 Å². The third-order valence-corrected chi connectivity index (χ3v) is 6.49. The lowest BCUT2D eigenvalue weighted by atomic mass is 10.2. The summed E-state index contributed by atoms with van der Waals surface area (Å²) in [6, 6.07) is 0. The number of nitrogens with two attached hydrogens (primary N) is 1. The van der Waals surface area contributed by atoms with Crippen LogP contribution in [0.1, 0.15) is 26.7 Å². The Kier molecular flexibility index (Phi) is 9.47. The zero-order valence-corrected chi connectivity index (χ0v) is 21.1. The molecule has 0 aliphatic carbocycles. The lowest BCUT2D eigenvalue weighted by Crippen LogP contribution is -2.53. The summed E-state index contributed by atoms with van der Waals surface area (Å²) in [4.78, 5) is 60.5. The van der Waals surface area contributed by atoms with Gasteiger partial charge in [-0.15, -0.1) is 0 Å². The molecule has 0 spiro atoms. The molecule has 0 aromatic carbocycles. The van der Waals surface area contributed by atoms with E-state index in [0.29, 0.717) is 39.3 Å². The molecule has 2 aliphatic heterocycles. The van der Waals surface area contributed by atoms with Crippen molar-refractivity contribution in [3.8, 4) is 0 Å². The van der Waals surface area contributed by atoms with Gasteiger partial charge in [-0.3, -0.25) is 33.7 Å². The number of ether oxygens (including phenoxy) is 1. The van der Waals surface area contributed by atoms with Crippen molar-refractivity contribution in [3.63, 3.8) is 0 Å². The number of hydrogen-bond donors (Lipinski definition) is 2. The van der Waals surface area contributed by atoms with Gasteiger partial charge < -0.3 is 20.3 Å². The smallest absolute Gasteiger partial charge is 0.330 e. The molecule has 2 amide bonds. The summed E-state index contributed by atoms with van der Waals surface area (Å²) >= 11 is 0. The number of nitrogens with one attached hydrogen (secondary N) is 1. The molecule has 0 radical (unpaired) electrons. The number of piperazine rings is 1. The first kappa shape index (κ1) is 26.9. The molecule has 0 atom stereocenters. The third kappa shape index (κ3) is 6.92. The molecule has 2 aliphatic rings. The van der Waals surface area contributed by atoms with E-state index in [9.17, 15) is 19.2 Å². The van der Waals surface area contributed by atoms with Crippen LogP contribution in [0.5, 0.6) is 0 Å². The van der Waals surface area contributed by atoms with E-state index in [1.54, 1.807) is 0 Å². The highest BCUT2D eigenvalue weighted by atomic mass is 16.5. The summed E-state index contributed by atoms with van der Waals surface area (Å²) in [5.74, 6) is -0.0350. The van der Waals surface area contributed by atoms with E-state index in [1.165, 1.54) is 16.6 Å². The molecule has 1 aromatic rings. The van der Waals surface area contributed by atoms with Crippen molar-refractivity contribution in [1.82, 2.24) is 24.3 Å². The lowest BCUT2D eigenvalue weighted by molar-refractivity contribution is -0.132. The number of nitrogens with zero attached hydrogens (tertiary/aromatic N) is 5. The van der Waals surface area contributed by atoms with Gasteiger partial charge in [-0.2, -0.15) is 0 Å². The van der Waals surface area contributed by atoms with Crippen molar-refractivity contribution in [1.29, 1.82) is 0 Å². The highest BCUT2D eigenvalue weighted by Gasteiger charge is 2.28. The summed E-state index contributed by atoms with van der Waals surface area (Å²) < 4.78 is 6.45. The third-order valence-electron chi connectivity index (χ3n) is 6.49. The van der Waals surface area contributed by atoms with Crippen molar-refractivity contribution in [2.45, 2.75) is 33.2 Å². The summed E-state index contributed by atoms with van der Waals surface area (Å²) in [5, 5.41) is 0. The largest absolute Gasteiger partial charge is 0.383 e. The average molecular weight is 494 g/mol. The maximum Gasteiger partial charge on any atom is 0.330 e. The molecule has 2 saturated heterocycles. The molecule has 0 bridgehead atoms. The van der Waals surface area contributed by atoms with Crippen molar-refractivity contribution in [2.75, 3.05) is 83.3 Å². The van der Waals surface area contributed by atoms with Gasteiger partial charge in [-0.05, 0) is 18.8 Å². The second-order valence-corrected chi connectivity index (χ2v) is 9.68. The van der Waals surface area contributed by atoms with Gasteiger partial charge in [0, 0.05) is 59.5 Å². The second kappa shape index (κ2) is 12.3. The quantitative estimate of drug-likeness (QED) is 0.423. The predicted octanol–water partition coefficient (Wildman–Crippen LogP) is -1.01. The summed E-state index contributed by atoms with van der Waals surface area (Å²) in [7, 11) is 1.51. The second-order valence-electron chi connectivity index (χ2n) is 9.68. The van der Waals surface area contributed by atoms with Gasteiger partial charge in [0.1, 0.15) is 5.82 Å². The maximum absolute atomic E-state index is 13.3. The van der Waals surface area contributed by atoms with E-state index in [0.717, 1.165) is 25.9 Å². The van der Waals surface area contributed by atoms with E-state index in [1.807, 2.05) is 23.6 Å². The van der Waals surface area contributed by atoms with Gasteiger partial charge in [0.25, 0.3) is 5.56 Å². The number of anilines is 2. The highest BCUT2D eigenvalue weighted by Crippen LogP contribution is 2.18. The number of hydrogen-bond acceptors (Lipinski definition) is 8. The van der Waals surface area contributed by atoms with E-state index in [-0.39, 0.29) is 48.9 Å². The Morgan fingerprint density at radius 3 is 2.20 bits per heavy atom. The van der Waals surface area contributed by atoms with E-state index >= 15 is 0 Å². The van der Waals surface area contributed by atoms with Crippen LogP contribution in [-0.4, -0.2) is 109 Å². The van der Waals surface area contributed by atoms with Crippen molar-refractivity contribution in [3.05, 3.63) is 20.8 Å². The van der Waals surface area contributed by atoms with Gasteiger partial charge in [-0.25, -0.2) is 4.79 Å². The summed E-state index contributed by atoms with van der Waals surface area (Å²) in [6.45, 7) is 9.36. The monoisotopic (exact) mass is 493 g/mol. The average Bonchev–Trinajstić information content (AvgIpc) is 3.35. The minimum atomic E-state index is -0.692. The Labute approximate surface area is 205 Å². The number of amides is 2. The van der Waals surface area contributed by atoms with E-state index in [4.69, 9.17) is 10.5 Å². The predicted molar refractivity (Wildman–Crippen MR) is 133 cm³/mol. The molecule has 3 rings (SSSR count). The summed E-state index contributed by atoms with van der Waals surface area (Å²) in [5.41, 5.74) is 4.93. The Bertz CT molecular complexity index is 991. The van der Waals surface area contributed by atoms with E-state index in [2.05, 4.69) is 9.88 Å². The standard InChI is InChI=1S/C23H39N7O5/c1-17(2)14-30-21(24)20(22(33)25-23(30)34)29(12-13-35-3)19(32)16-27-10-8-26(9-11-27)15-18(31)28-6-4-5-7-28/h17H,4-16,24H2,1-3H3,(H,25,33,34). The zero-order chi connectivity index (χ0) is 25.5. The number of methoxy groups -OCH3 is 1. The SMILES string of the molecule is COCCN(C(=O)CN1CCN(CC(=O)N2CCCC2)CC1)c1c(N)n(CC(C)C)c(=O)[nH]c1=O. The number of aromatic nitrogens is 2. The molecular formula is C23H39N7O5. The fourth-order valence-corrected chi connectivity index (χ4v) is 4.57. The zero-order valence-electron chi connectivity index (χ0n) is 21.1. The fraction of sp³-hybridized carbons (Fsp3) is 0.739. The van der Waals surface area contributed by atoms with Gasteiger partial charge in [0.05, 0.1) is 19.7 Å². The van der Waals surface area contributed by atoms with Crippen molar-refractivity contribution >= 4 is 23.3 Å². The Hall–Kier alpha value is -2.70. The van der Waals surface area contributed by atoms with Gasteiger partial charge in [0.15, 0.2) is 5.69 Å².